The molecule has 1 saturated heterocycles. The summed E-state index contributed by atoms with van der Waals surface area (Å²) in [5.41, 5.74) is 6.00. The van der Waals surface area contributed by atoms with Gasteiger partial charge in [0.1, 0.15) is 11.8 Å². The Labute approximate surface area is 185 Å². The van der Waals surface area contributed by atoms with Gasteiger partial charge in [0.25, 0.3) is 0 Å². The standard InChI is InChI=1S/C21H25F3N4O3S/c1-13-7-9-18(10-8-13)28(32(30,31)20-14(2)26-27-15(20)3)12-19(29)25-17-6-4-5-16(11-17)21(22,23)24/h4-11,14-15,20,26-27H,12H2,1-3H3,(H,25,29). The molecule has 1 aliphatic heterocycles. The van der Waals surface area contributed by atoms with Crippen molar-refractivity contribution in [3.63, 3.8) is 0 Å². The molecule has 0 spiro atoms. The molecule has 0 saturated carbocycles. The zero-order chi connectivity index (χ0) is 23.7. The van der Waals surface area contributed by atoms with Crippen molar-refractivity contribution in [1.29, 1.82) is 0 Å². The number of alkyl halides is 3. The summed E-state index contributed by atoms with van der Waals surface area (Å²) in [5.74, 6) is -0.757. The van der Waals surface area contributed by atoms with E-state index >= 15 is 0 Å². The smallest absolute Gasteiger partial charge is 0.325 e. The predicted molar refractivity (Wildman–Crippen MR) is 117 cm³/mol. The number of hydrogen-bond donors (Lipinski definition) is 3. The van der Waals surface area contributed by atoms with Gasteiger partial charge in [-0.25, -0.2) is 8.42 Å². The highest BCUT2D eigenvalue weighted by molar-refractivity contribution is 7.93. The Morgan fingerprint density at radius 2 is 1.66 bits per heavy atom. The number of nitrogens with one attached hydrogen (secondary N) is 3. The van der Waals surface area contributed by atoms with Crippen LogP contribution in [0.15, 0.2) is 48.5 Å². The minimum Gasteiger partial charge on any atom is -0.325 e. The van der Waals surface area contributed by atoms with Crippen LogP contribution in [-0.4, -0.2) is 38.2 Å². The summed E-state index contributed by atoms with van der Waals surface area (Å²) in [6.07, 6.45) is -4.56. The lowest BCUT2D eigenvalue weighted by Crippen LogP contribution is -2.49. The molecule has 3 N–H and O–H groups in total. The quantitative estimate of drug-likeness (QED) is 0.604. The largest absolute Gasteiger partial charge is 0.416 e. The number of carbonyl (C=O) groups excluding carboxylic acids is 1. The van der Waals surface area contributed by atoms with E-state index in [1.807, 2.05) is 6.92 Å². The number of nitrogens with zero attached hydrogens (tertiary/aromatic N) is 1. The molecule has 174 valence electrons. The molecule has 1 amide bonds. The van der Waals surface area contributed by atoms with Crippen LogP contribution in [-0.2, 0) is 21.0 Å². The minimum atomic E-state index is -4.56. The maximum atomic E-state index is 13.5. The van der Waals surface area contributed by atoms with Crippen molar-refractivity contribution in [2.45, 2.75) is 44.3 Å². The van der Waals surface area contributed by atoms with Crippen molar-refractivity contribution in [3.8, 4) is 0 Å². The van der Waals surface area contributed by atoms with Crippen LogP contribution >= 0.6 is 0 Å². The third kappa shape index (κ3) is 5.22. The van der Waals surface area contributed by atoms with E-state index in [4.69, 9.17) is 0 Å². The van der Waals surface area contributed by atoms with Crippen molar-refractivity contribution in [2.75, 3.05) is 16.2 Å². The second kappa shape index (κ2) is 9.08. The molecule has 0 bridgehead atoms. The Morgan fingerprint density at radius 1 is 1.06 bits per heavy atom. The minimum absolute atomic E-state index is 0.0722. The molecule has 0 radical (unpaired) electrons. The summed E-state index contributed by atoms with van der Waals surface area (Å²) in [5, 5.41) is 1.52. The van der Waals surface area contributed by atoms with Crippen LogP contribution in [0, 0.1) is 6.92 Å². The molecule has 3 rings (SSSR count). The molecule has 11 heteroatoms. The molecule has 7 nitrogen and oxygen atoms in total. The Hall–Kier alpha value is -2.63. The first-order valence-electron chi connectivity index (χ1n) is 9.96. The lowest BCUT2D eigenvalue weighted by Gasteiger charge is -2.30. The van der Waals surface area contributed by atoms with Crippen LogP contribution in [0.1, 0.15) is 25.0 Å². The van der Waals surface area contributed by atoms with E-state index < -0.39 is 51.5 Å². The topological polar surface area (TPSA) is 90.5 Å². The van der Waals surface area contributed by atoms with E-state index in [0.29, 0.717) is 5.69 Å². The predicted octanol–water partition coefficient (Wildman–Crippen LogP) is 3.04. The lowest BCUT2D eigenvalue weighted by molar-refractivity contribution is -0.137. The van der Waals surface area contributed by atoms with Crippen LogP contribution in [0.2, 0.25) is 0 Å². The van der Waals surface area contributed by atoms with Gasteiger partial charge >= 0.3 is 6.18 Å². The maximum absolute atomic E-state index is 13.5. The van der Waals surface area contributed by atoms with Gasteiger partial charge in [-0.1, -0.05) is 23.8 Å². The van der Waals surface area contributed by atoms with Crippen molar-refractivity contribution >= 4 is 27.3 Å². The summed E-state index contributed by atoms with van der Waals surface area (Å²) in [6, 6.07) is 9.97. The van der Waals surface area contributed by atoms with Crippen LogP contribution in [0.5, 0.6) is 0 Å². The fourth-order valence-electron chi connectivity index (χ4n) is 3.67. The molecule has 2 aromatic rings. The number of halogens is 3. The van der Waals surface area contributed by atoms with Gasteiger partial charge in [-0.15, -0.1) is 0 Å². The number of sulfonamides is 1. The van der Waals surface area contributed by atoms with E-state index in [1.165, 1.54) is 12.1 Å². The van der Waals surface area contributed by atoms with Crippen molar-refractivity contribution < 1.29 is 26.4 Å². The Morgan fingerprint density at radius 3 is 2.22 bits per heavy atom. The van der Waals surface area contributed by atoms with Crippen LogP contribution in [0.4, 0.5) is 24.5 Å². The van der Waals surface area contributed by atoms with Crippen molar-refractivity contribution in [2.24, 2.45) is 0 Å². The lowest BCUT2D eigenvalue weighted by atomic mass is 10.2. The van der Waals surface area contributed by atoms with Gasteiger partial charge in [0.2, 0.25) is 15.9 Å². The first-order chi connectivity index (χ1) is 14.9. The molecule has 2 aromatic carbocycles. The summed E-state index contributed by atoms with van der Waals surface area (Å²) in [7, 11) is -4.02. The van der Waals surface area contributed by atoms with Gasteiger partial charge in [0.15, 0.2) is 0 Å². The molecule has 1 aliphatic rings. The highest BCUT2D eigenvalue weighted by Crippen LogP contribution is 2.31. The summed E-state index contributed by atoms with van der Waals surface area (Å²) in [6.45, 7) is 4.69. The second-order valence-electron chi connectivity index (χ2n) is 7.84. The average molecular weight is 471 g/mol. The van der Waals surface area contributed by atoms with Crippen LogP contribution in [0.3, 0.4) is 0 Å². The van der Waals surface area contributed by atoms with Gasteiger partial charge in [-0.2, -0.15) is 13.2 Å². The summed E-state index contributed by atoms with van der Waals surface area (Å²) >= 11 is 0. The third-order valence-electron chi connectivity index (χ3n) is 5.26. The zero-order valence-corrected chi connectivity index (χ0v) is 18.6. The van der Waals surface area contributed by atoms with Gasteiger partial charge in [0, 0.05) is 17.8 Å². The Bertz CT molecular complexity index is 1060. The fraction of sp³-hybridized carbons (Fsp3) is 0.381. The number of amides is 1. The van der Waals surface area contributed by atoms with Crippen molar-refractivity contribution in [1.82, 2.24) is 10.9 Å². The molecule has 1 fully saturated rings. The van der Waals surface area contributed by atoms with Crippen molar-refractivity contribution in [3.05, 3.63) is 59.7 Å². The van der Waals surface area contributed by atoms with Gasteiger partial charge in [0.05, 0.1) is 11.3 Å². The summed E-state index contributed by atoms with van der Waals surface area (Å²) < 4.78 is 66.9. The second-order valence-corrected chi connectivity index (χ2v) is 9.86. The SMILES string of the molecule is Cc1ccc(N(CC(=O)Nc2cccc(C(F)(F)F)c2)S(=O)(=O)C2C(C)NNC2C)cc1. The number of rotatable bonds is 6. The van der Waals surface area contributed by atoms with E-state index in [-0.39, 0.29) is 5.69 Å². The van der Waals surface area contributed by atoms with E-state index in [2.05, 4.69) is 16.2 Å². The first kappa shape index (κ1) is 24.0. The van der Waals surface area contributed by atoms with Crippen LogP contribution < -0.4 is 20.5 Å². The summed E-state index contributed by atoms with van der Waals surface area (Å²) in [4.78, 5) is 12.7. The monoisotopic (exact) mass is 470 g/mol. The fourth-order valence-corrected chi connectivity index (χ4v) is 5.84. The molecule has 2 unspecified atom stereocenters. The normalized spacial score (nSPS) is 21.4. The molecule has 2 atom stereocenters. The van der Waals surface area contributed by atoms with E-state index in [9.17, 15) is 26.4 Å². The molecular formula is C21H25F3N4O3S. The third-order valence-corrected chi connectivity index (χ3v) is 7.72. The number of hydrazine groups is 1. The molecule has 32 heavy (non-hydrogen) atoms. The first-order valence-corrected chi connectivity index (χ1v) is 11.5. The maximum Gasteiger partial charge on any atom is 0.416 e. The molecule has 1 heterocycles. The number of carbonyl (C=O) groups is 1. The Kier molecular flexibility index (Phi) is 6.82. The zero-order valence-electron chi connectivity index (χ0n) is 17.8. The highest BCUT2D eigenvalue weighted by Gasteiger charge is 2.44. The van der Waals surface area contributed by atoms with Gasteiger partial charge in [-0.3, -0.25) is 20.0 Å². The molecule has 0 aliphatic carbocycles. The number of aryl methyl sites for hydroxylation is 1. The van der Waals surface area contributed by atoms with E-state index in [0.717, 1.165) is 22.0 Å². The number of benzene rings is 2. The highest BCUT2D eigenvalue weighted by atomic mass is 32.2. The van der Waals surface area contributed by atoms with Gasteiger partial charge in [-0.05, 0) is 51.1 Å². The Balaban J connectivity index is 1.89. The molecule has 0 aromatic heterocycles. The van der Waals surface area contributed by atoms with Gasteiger partial charge < -0.3 is 5.32 Å². The molecular weight excluding hydrogens is 445 g/mol. The van der Waals surface area contributed by atoms with Crippen LogP contribution in [0.25, 0.3) is 0 Å². The number of hydrogen-bond acceptors (Lipinski definition) is 5. The average Bonchev–Trinajstić information content (AvgIpc) is 3.05. The van der Waals surface area contributed by atoms with E-state index in [1.54, 1.807) is 38.1 Å². The number of anilines is 2.